The van der Waals surface area contributed by atoms with Crippen LogP contribution in [0.3, 0.4) is 0 Å². The Morgan fingerprint density at radius 3 is 2.71 bits per heavy atom. The average Bonchev–Trinajstić information content (AvgIpc) is 3.44. The van der Waals surface area contributed by atoms with Gasteiger partial charge in [-0.05, 0) is 56.7 Å². The molecule has 2 N–H and O–H groups in total. The molecule has 35 heavy (non-hydrogen) atoms. The van der Waals surface area contributed by atoms with Crippen molar-refractivity contribution in [2.24, 2.45) is 0 Å². The number of aliphatic hydroxyl groups is 1. The molecule has 2 aromatic rings. The van der Waals surface area contributed by atoms with Gasteiger partial charge in [-0.15, -0.1) is 23.4 Å². The first-order valence-electron chi connectivity index (χ1n) is 11.6. The SMILES string of the molecule is O=C(NC12CCC(c3nnc([C@H]4C[C@@H](OC(F)(F)F)C4)o3)(C1)C2)[C@H]1C[C@@H](O)c2cc(Cl)ccc2O1. The van der Waals surface area contributed by atoms with Gasteiger partial charge in [-0.1, -0.05) is 11.6 Å². The van der Waals surface area contributed by atoms with E-state index < -0.39 is 30.2 Å². The second-order valence-corrected chi connectivity index (χ2v) is 10.7. The smallest absolute Gasteiger partial charge is 0.480 e. The number of halogens is 4. The Kier molecular flexibility index (Phi) is 5.15. The van der Waals surface area contributed by atoms with Crippen molar-refractivity contribution in [3.63, 3.8) is 0 Å². The Morgan fingerprint density at radius 2 is 1.97 bits per heavy atom. The van der Waals surface area contributed by atoms with E-state index in [-0.39, 0.29) is 36.5 Å². The summed E-state index contributed by atoms with van der Waals surface area (Å²) in [6, 6.07) is 4.93. The van der Waals surface area contributed by atoms with Gasteiger partial charge in [0.15, 0.2) is 6.10 Å². The number of carbonyl (C=O) groups excluding carboxylic acids is 1. The summed E-state index contributed by atoms with van der Waals surface area (Å²) in [6.07, 6.45) is -3.90. The molecule has 5 aliphatic rings. The van der Waals surface area contributed by atoms with Gasteiger partial charge >= 0.3 is 6.36 Å². The van der Waals surface area contributed by atoms with Crippen molar-refractivity contribution >= 4 is 17.5 Å². The molecule has 1 aromatic heterocycles. The highest BCUT2D eigenvalue weighted by molar-refractivity contribution is 6.30. The standard InChI is InChI=1S/C23H23ClF3N3O5/c24-12-1-2-16-14(7-12)15(31)8-17(33-16)18(32)28-22-4-3-21(9-22,10-22)20-30-29-19(34-20)11-5-13(6-11)35-23(25,26)27/h1-2,7,11,13,15,17,31H,3-6,8-10H2,(H,28,32)/t11-,13+,15-,17-,21?,22?/m1/s1. The van der Waals surface area contributed by atoms with Crippen LogP contribution in [0.15, 0.2) is 22.6 Å². The van der Waals surface area contributed by atoms with E-state index in [1.165, 1.54) is 0 Å². The molecular formula is C23H23ClF3N3O5. The molecule has 1 aliphatic heterocycles. The van der Waals surface area contributed by atoms with Crippen LogP contribution in [0.2, 0.25) is 5.02 Å². The molecule has 4 aliphatic carbocycles. The molecule has 12 heteroatoms. The van der Waals surface area contributed by atoms with Crippen molar-refractivity contribution in [1.29, 1.82) is 0 Å². The summed E-state index contributed by atoms with van der Waals surface area (Å²) in [4.78, 5) is 13.0. The third-order valence-corrected chi connectivity index (χ3v) is 8.03. The summed E-state index contributed by atoms with van der Waals surface area (Å²) in [5.41, 5.74) is -0.166. The maximum Gasteiger partial charge on any atom is 0.522 e. The lowest BCUT2D eigenvalue weighted by molar-refractivity contribution is -0.352. The highest BCUT2D eigenvalue weighted by atomic mass is 35.5. The van der Waals surface area contributed by atoms with Crippen LogP contribution >= 0.6 is 11.6 Å². The maximum absolute atomic E-state index is 13.0. The van der Waals surface area contributed by atoms with Crippen LogP contribution in [0.1, 0.15) is 74.3 Å². The van der Waals surface area contributed by atoms with E-state index in [0.717, 1.165) is 12.8 Å². The fraction of sp³-hybridized carbons (Fsp3) is 0.609. The molecule has 4 fully saturated rings. The highest BCUT2D eigenvalue weighted by Gasteiger charge is 2.65. The van der Waals surface area contributed by atoms with Crippen LogP contribution in [0.5, 0.6) is 5.75 Å². The minimum absolute atomic E-state index is 0.133. The lowest BCUT2D eigenvalue weighted by Crippen LogP contribution is -2.60. The van der Waals surface area contributed by atoms with Crippen LogP contribution in [0, 0.1) is 0 Å². The fourth-order valence-corrected chi connectivity index (χ4v) is 6.25. The van der Waals surface area contributed by atoms with Crippen LogP contribution in [0.25, 0.3) is 0 Å². The van der Waals surface area contributed by atoms with E-state index in [0.29, 0.717) is 41.0 Å². The highest BCUT2D eigenvalue weighted by Crippen LogP contribution is 2.62. The van der Waals surface area contributed by atoms with E-state index in [1.807, 2.05) is 0 Å². The first-order chi connectivity index (χ1) is 16.5. The van der Waals surface area contributed by atoms with E-state index in [1.54, 1.807) is 18.2 Å². The van der Waals surface area contributed by atoms with Crippen molar-refractivity contribution in [2.75, 3.05) is 0 Å². The van der Waals surface area contributed by atoms with Gasteiger partial charge in [0.25, 0.3) is 5.91 Å². The second-order valence-electron chi connectivity index (χ2n) is 10.2. The number of alkyl halides is 3. The zero-order valence-electron chi connectivity index (χ0n) is 18.5. The number of nitrogens with zero attached hydrogens (tertiary/aromatic N) is 2. The van der Waals surface area contributed by atoms with E-state index in [4.69, 9.17) is 20.8 Å². The number of hydrogen-bond acceptors (Lipinski definition) is 7. The molecule has 188 valence electrons. The van der Waals surface area contributed by atoms with Crippen LogP contribution < -0.4 is 10.1 Å². The molecule has 0 spiro atoms. The summed E-state index contributed by atoms with van der Waals surface area (Å²) in [7, 11) is 0. The first kappa shape index (κ1) is 23.1. The minimum atomic E-state index is -4.64. The Morgan fingerprint density at radius 1 is 1.20 bits per heavy atom. The first-order valence-corrected chi connectivity index (χ1v) is 12.0. The number of amides is 1. The van der Waals surface area contributed by atoms with Gasteiger partial charge in [-0.25, -0.2) is 0 Å². The number of aliphatic hydroxyl groups excluding tert-OH is 1. The Bertz CT molecular complexity index is 1160. The second kappa shape index (κ2) is 7.81. The number of nitrogens with one attached hydrogen (secondary N) is 1. The summed E-state index contributed by atoms with van der Waals surface area (Å²) >= 11 is 5.99. The normalized spacial score (nSPS) is 35.5. The van der Waals surface area contributed by atoms with Crippen molar-refractivity contribution in [1.82, 2.24) is 15.5 Å². The van der Waals surface area contributed by atoms with Crippen LogP contribution in [-0.4, -0.2) is 45.3 Å². The minimum Gasteiger partial charge on any atom is -0.480 e. The maximum atomic E-state index is 13.0. The number of benzene rings is 1. The number of fused-ring (bicyclic) bond motifs is 2. The van der Waals surface area contributed by atoms with Gasteiger partial charge in [-0.3, -0.25) is 9.53 Å². The molecule has 2 heterocycles. The van der Waals surface area contributed by atoms with E-state index in [9.17, 15) is 23.1 Å². The summed E-state index contributed by atoms with van der Waals surface area (Å²) in [5, 5.41) is 22.3. The number of ether oxygens (including phenoxy) is 2. The molecule has 0 radical (unpaired) electrons. The zero-order chi connectivity index (χ0) is 24.6. The van der Waals surface area contributed by atoms with Gasteiger partial charge in [0.05, 0.1) is 17.6 Å². The summed E-state index contributed by atoms with van der Waals surface area (Å²) < 4.78 is 52.8. The Balaban J connectivity index is 1.06. The molecule has 1 aromatic carbocycles. The quantitative estimate of drug-likeness (QED) is 0.620. The lowest BCUT2D eigenvalue weighted by Gasteiger charge is -2.46. The van der Waals surface area contributed by atoms with E-state index in [2.05, 4.69) is 20.3 Å². The molecule has 1 amide bonds. The van der Waals surface area contributed by atoms with Crippen molar-refractivity contribution < 1.29 is 37.0 Å². The van der Waals surface area contributed by atoms with Gasteiger partial charge in [0.1, 0.15) is 5.75 Å². The third-order valence-electron chi connectivity index (χ3n) is 7.79. The van der Waals surface area contributed by atoms with Crippen LogP contribution in [0.4, 0.5) is 13.2 Å². The number of carbonyl (C=O) groups is 1. The molecule has 7 rings (SSSR count). The molecule has 0 saturated heterocycles. The summed E-state index contributed by atoms with van der Waals surface area (Å²) in [6.45, 7) is 0. The zero-order valence-corrected chi connectivity index (χ0v) is 19.2. The number of rotatable bonds is 5. The van der Waals surface area contributed by atoms with E-state index >= 15 is 0 Å². The van der Waals surface area contributed by atoms with Gasteiger partial charge in [0.2, 0.25) is 11.8 Å². The summed E-state index contributed by atoms with van der Waals surface area (Å²) in [5.74, 6) is 0.742. The number of hydrogen-bond donors (Lipinski definition) is 2. The topological polar surface area (TPSA) is 107 Å². The van der Waals surface area contributed by atoms with Gasteiger partial charge in [-0.2, -0.15) is 0 Å². The predicted octanol–water partition coefficient (Wildman–Crippen LogP) is 4.07. The molecule has 8 nitrogen and oxygen atoms in total. The van der Waals surface area contributed by atoms with Crippen molar-refractivity contribution in [2.45, 2.75) is 86.5 Å². The van der Waals surface area contributed by atoms with Gasteiger partial charge < -0.3 is 19.6 Å². The molecule has 0 unspecified atom stereocenters. The molecular weight excluding hydrogens is 491 g/mol. The van der Waals surface area contributed by atoms with Gasteiger partial charge in [0, 0.05) is 28.5 Å². The van der Waals surface area contributed by atoms with Crippen molar-refractivity contribution in [3.8, 4) is 5.75 Å². The number of aromatic nitrogens is 2. The van der Waals surface area contributed by atoms with Crippen LogP contribution in [-0.2, 0) is 14.9 Å². The third kappa shape index (κ3) is 4.07. The lowest BCUT2D eigenvalue weighted by atomic mass is 9.65. The monoisotopic (exact) mass is 513 g/mol. The Hall–Kier alpha value is -2.37. The largest absolute Gasteiger partial charge is 0.522 e. The average molecular weight is 514 g/mol. The molecule has 2 atom stereocenters. The molecule has 2 bridgehead atoms. The fourth-order valence-electron chi connectivity index (χ4n) is 6.07. The Labute approximate surface area is 203 Å². The van der Waals surface area contributed by atoms with Crippen molar-refractivity contribution in [3.05, 3.63) is 40.6 Å². The predicted molar refractivity (Wildman–Crippen MR) is 114 cm³/mol. The molecule has 4 saturated carbocycles.